The summed E-state index contributed by atoms with van der Waals surface area (Å²) in [5.74, 6) is 0. The summed E-state index contributed by atoms with van der Waals surface area (Å²) in [5, 5.41) is 38.2. The number of rotatable bonds is 10. The van der Waals surface area contributed by atoms with Crippen LogP contribution in [0.4, 0.5) is 17.1 Å². The van der Waals surface area contributed by atoms with Crippen LogP contribution in [0.3, 0.4) is 0 Å². The summed E-state index contributed by atoms with van der Waals surface area (Å²) in [6.07, 6.45) is 0. The van der Waals surface area contributed by atoms with E-state index in [2.05, 4.69) is 26.9 Å². The highest BCUT2D eigenvalue weighted by Crippen LogP contribution is 2.45. The Morgan fingerprint density at radius 1 is 0.759 bits per heavy atom. The van der Waals surface area contributed by atoms with Gasteiger partial charge in [0.15, 0.2) is 0 Å². The van der Waals surface area contributed by atoms with Gasteiger partial charge in [-0.3, -0.25) is 0 Å². The minimum Gasteiger partial charge on any atom is -0.395 e. The van der Waals surface area contributed by atoms with Gasteiger partial charge in [-0.1, -0.05) is 8.92 Å². The van der Waals surface area contributed by atoms with E-state index in [-0.39, 0.29) is 26.4 Å². The number of nitrogens with zero attached hydrogens (tertiary/aromatic N) is 3. The van der Waals surface area contributed by atoms with E-state index < -0.39 is 8.92 Å². The standard InChI is InChI=1S/C20H26BrN3O4S/c21-29-19-13-15(23(5-9-25)6-10-26)1-3-17(19)22-18-4-2-16(14-20(18)29)24(7-11-27)8-12-28/h1-4,13-14,25-28H,5-12H2. The molecule has 2 aromatic carbocycles. The quantitative estimate of drug-likeness (QED) is 0.381. The van der Waals surface area contributed by atoms with Crippen LogP contribution in [0, 0.1) is 4.51 Å². The van der Waals surface area contributed by atoms with Crippen LogP contribution in [0.1, 0.15) is 0 Å². The Morgan fingerprint density at radius 2 is 1.28 bits per heavy atom. The molecule has 0 bridgehead atoms. The average molecular weight is 484 g/mol. The monoisotopic (exact) mass is 483 g/mol. The molecule has 4 N–H and O–H groups in total. The maximum atomic E-state index is 9.33. The third-order valence-electron chi connectivity index (χ3n) is 4.72. The first kappa shape index (κ1) is 22.2. The molecule has 1 aliphatic rings. The summed E-state index contributed by atoms with van der Waals surface area (Å²) in [6, 6.07) is 12.0. The first-order valence-electron chi connectivity index (χ1n) is 9.46. The molecule has 0 aliphatic carbocycles. The van der Waals surface area contributed by atoms with Crippen LogP contribution in [0.2, 0.25) is 0 Å². The lowest BCUT2D eigenvalue weighted by Crippen LogP contribution is -2.30. The molecule has 1 aliphatic heterocycles. The van der Waals surface area contributed by atoms with Gasteiger partial charge in [-0.25, -0.2) is 4.99 Å². The van der Waals surface area contributed by atoms with Crippen LogP contribution >= 0.6 is 23.7 Å². The van der Waals surface area contributed by atoms with E-state index in [1.807, 2.05) is 34.1 Å². The zero-order valence-corrected chi connectivity index (χ0v) is 18.4. The average Bonchev–Trinajstić information content (AvgIpc) is 2.73. The van der Waals surface area contributed by atoms with Gasteiger partial charge >= 0.3 is 0 Å². The van der Waals surface area contributed by atoms with Gasteiger partial charge in [0.1, 0.15) is 0 Å². The fraction of sp³-hybridized carbons (Fsp3) is 0.400. The predicted octanol–water partition coefficient (Wildman–Crippen LogP) is 1.42. The lowest BCUT2D eigenvalue weighted by molar-refractivity contribution is 0.280. The molecule has 0 spiro atoms. The Bertz CT molecular complexity index is 961. The smallest absolute Gasteiger partial charge is 0.0778 e. The van der Waals surface area contributed by atoms with Crippen LogP contribution in [0.5, 0.6) is 0 Å². The summed E-state index contributed by atoms with van der Waals surface area (Å²) in [5.41, 5.74) is 2.76. The highest BCUT2D eigenvalue weighted by molar-refractivity contribution is 9.52. The molecule has 2 aromatic rings. The van der Waals surface area contributed by atoms with Gasteiger partial charge in [-0.05, 0) is 51.2 Å². The summed E-state index contributed by atoms with van der Waals surface area (Å²) in [7, 11) is -0.394. The number of hydrogen-bond donors (Lipinski definition) is 4. The fourth-order valence-corrected chi connectivity index (χ4v) is 6.18. The molecule has 7 nitrogen and oxygen atoms in total. The summed E-state index contributed by atoms with van der Waals surface area (Å²) >= 11 is 3.84. The number of halogens is 1. The van der Waals surface area contributed by atoms with Crippen LogP contribution in [0.25, 0.3) is 0 Å². The van der Waals surface area contributed by atoms with Crippen LogP contribution in [-0.4, -0.2) is 73.0 Å². The van der Waals surface area contributed by atoms with E-state index in [0.717, 1.165) is 31.8 Å². The van der Waals surface area contributed by atoms with Gasteiger partial charge < -0.3 is 30.2 Å². The normalized spacial score (nSPS) is 14.7. The van der Waals surface area contributed by atoms with E-state index in [4.69, 9.17) is 4.99 Å². The SMILES string of the molecule is OCCN(CCO)c1ccc2c(c1)S(Br)=c1cc(N(CCO)CCO)ccc1=N2. The second-order valence-electron chi connectivity index (χ2n) is 6.54. The van der Waals surface area contributed by atoms with Crippen molar-refractivity contribution in [1.29, 1.82) is 0 Å². The fourth-order valence-electron chi connectivity index (χ4n) is 3.34. The second kappa shape index (κ2) is 10.5. The first-order valence-corrected chi connectivity index (χ1v) is 12.5. The summed E-state index contributed by atoms with van der Waals surface area (Å²) < 4.78 is 1.05. The molecular weight excluding hydrogens is 458 g/mol. The highest BCUT2D eigenvalue weighted by atomic mass is 79.9. The molecule has 0 amide bonds. The Hall–Kier alpha value is -1.49. The van der Waals surface area contributed by atoms with Gasteiger partial charge in [0, 0.05) is 47.0 Å². The topological polar surface area (TPSA) is 99.8 Å². The molecule has 1 atom stereocenters. The van der Waals surface area contributed by atoms with Gasteiger partial charge in [0.2, 0.25) is 0 Å². The van der Waals surface area contributed by atoms with Crippen molar-refractivity contribution in [3.05, 3.63) is 46.3 Å². The first-order chi connectivity index (χ1) is 14.1. The van der Waals surface area contributed by atoms with Crippen molar-refractivity contribution in [3.8, 4) is 0 Å². The largest absolute Gasteiger partial charge is 0.395 e. The molecular formula is C20H26BrN3O4S. The van der Waals surface area contributed by atoms with Gasteiger partial charge in [-0.15, -0.1) is 0 Å². The van der Waals surface area contributed by atoms with Gasteiger partial charge in [-0.2, -0.15) is 0 Å². The molecule has 29 heavy (non-hydrogen) atoms. The van der Waals surface area contributed by atoms with Crippen molar-refractivity contribution in [2.24, 2.45) is 4.99 Å². The van der Waals surface area contributed by atoms with Crippen LogP contribution in [0.15, 0.2) is 46.3 Å². The van der Waals surface area contributed by atoms with Crippen molar-refractivity contribution in [2.75, 3.05) is 62.4 Å². The number of aliphatic hydroxyl groups is 4. The Labute approximate surface area is 179 Å². The maximum Gasteiger partial charge on any atom is 0.0778 e. The van der Waals surface area contributed by atoms with Crippen molar-refractivity contribution in [3.63, 3.8) is 0 Å². The molecule has 9 heteroatoms. The molecule has 1 heterocycles. The van der Waals surface area contributed by atoms with E-state index in [1.165, 1.54) is 0 Å². The Morgan fingerprint density at radius 3 is 1.83 bits per heavy atom. The van der Waals surface area contributed by atoms with Crippen LogP contribution in [-0.2, 0) is 0 Å². The zero-order valence-electron chi connectivity index (χ0n) is 16.0. The second-order valence-corrected chi connectivity index (χ2v) is 9.88. The van der Waals surface area contributed by atoms with Crippen molar-refractivity contribution in [1.82, 2.24) is 0 Å². The number of anilines is 2. The molecule has 3 rings (SSSR count). The van der Waals surface area contributed by atoms with E-state index in [0.29, 0.717) is 26.2 Å². The van der Waals surface area contributed by atoms with E-state index in [9.17, 15) is 20.4 Å². The third kappa shape index (κ3) is 4.99. The third-order valence-corrected chi connectivity index (χ3v) is 8.24. The van der Waals surface area contributed by atoms with Crippen molar-refractivity contribution < 1.29 is 20.4 Å². The Balaban J connectivity index is 2.05. The highest BCUT2D eigenvalue weighted by Gasteiger charge is 2.15. The summed E-state index contributed by atoms with van der Waals surface area (Å²) in [4.78, 5) is 9.72. The molecule has 1 unspecified atom stereocenters. The predicted molar refractivity (Wildman–Crippen MR) is 120 cm³/mol. The van der Waals surface area contributed by atoms with Gasteiger partial charge in [0.25, 0.3) is 0 Å². The van der Waals surface area contributed by atoms with Crippen molar-refractivity contribution >= 4 is 40.8 Å². The summed E-state index contributed by atoms with van der Waals surface area (Å²) in [6.45, 7) is 1.85. The van der Waals surface area contributed by atoms with E-state index >= 15 is 0 Å². The molecule has 0 saturated carbocycles. The molecule has 0 radical (unpaired) electrons. The van der Waals surface area contributed by atoms with Crippen LogP contribution < -0.4 is 15.2 Å². The molecule has 0 fully saturated rings. The number of benzene rings is 2. The zero-order chi connectivity index (χ0) is 20.8. The number of hydrogen-bond acceptors (Lipinski definition) is 7. The lowest BCUT2D eigenvalue weighted by Gasteiger charge is -2.25. The minimum absolute atomic E-state index is 0.0131. The Kier molecular flexibility index (Phi) is 8.05. The molecule has 0 saturated heterocycles. The van der Waals surface area contributed by atoms with Crippen molar-refractivity contribution in [2.45, 2.75) is 4.90 Å². The minimum atomic E-state index is -0.394. The number of aliphatic hydroxyl groups excluding tert-OH is 4. The molecule has 158 valence electrons. The lowest BCUT2D eigenvalue weighted by atomic mass is 10.2. The molecule has 0 aromatic heterocycles. The maximum absolute atomic E-state index is 9.33. The van der Waals surface area contributed by atoms with E-state index in [1.54, 1.807) is 0 Å². The van der Waals surface area contributed by atoms with Gasteiger partial charge in [0.05, 0.1) is 37.5 Å². The number of fused-ring (bicyclic) bond motifs is 2.